The van der Waals surface area contributed by atoms with Crippen LogP contribution in [0.4, 0.5) is 11.4 Å². The van der Waals surface area contributed by atoms with Gasteiger partial charge in [-0.2, -0.15) is 0 Å². The van der Waals surface area contributed by atoms with E-state index in [1.54, 1.807) is 98.0 Å². The number of esters is 1. The molecule has 2 amide bonds. The molecular formula is C32H28N2O6. The number of hydrogen-bond donors (Lipinski definition) is 1. The Labute approximate surface area is 232 Å². The fourth-order valence-corrected chi connectivity index (χ4v) is 5.08. The smallest absolute Gasteiger partial charge is 0.339 e. The Hall–Kier alpha value is -5.11. The lowest BCUT2D eigenvalue weighted by Gasteiger charge is -2.42. The van der Waals surface area contributed by atoms with Crippen molar-refractivity contribution in [3.05, 3.63) is 119 Å². The summed E-state index contributed by atoms with van der Waals surface area (Å²) in [7, 11) is 4.44. The summed E-state index contributed by atoms with van der Waals surface area (Å²) in [5.74, 6) is -0.716. The number of hydrogen-bond acceptors (Lipinski definition) is 6. The van der Waals surface area contributed by atoms with Crippen LogP contribution >= 0.6 is 0 Å². The molecule has 8 nitrogen and oxygen atoms in total. The monoisotopic (exact) mass is 536 g/mol. The van der Waals surface area contributed by atoms with Gasteiger partial charge >= 0.3 is 5.97 Å². The van der Waals surface area contributed by atoms with E-state index in [9.17, 15) is 14.4 Å². The van der Waals surface area contributed by atoms with Crippen molar-refractivity contribution in [3.8, 4) is 11.5 Å². The quantitative estimate of drug-likeness (QED) is 0.309. The normalized spacial score (nSPS) is 16.1. The number of anilines is 2. The Morgan fingerprint density at radius 2 is 1.35 bits per heavy atom. The van der Waals surface area contributed by atoms with Crippen LogP contribution in [0.2, 0.25) is 0 Å². The second kappa shape index (κ2) is 11.3. The molecule has 8 heteroatoms. The van der Waals surface area contributed by atoms with Crippen molar-refractivity contribution in [2.24, 2.45) is 0 Å². The van der Waals surface area contributed by atoms with Crippen LogP contribution in [0.25, 0.3) is 0 Å². The molecule has 202 valence electrons. The average Bonchev–Trinajstić information content (AvgIpc) is 3.01. The fraction of sp³-hybridized carbons (Fsp3) is 0.156. The van der Waals surface area contributed by atoms with Gasteiger partial charge in [-0.3, -0.25) is 14.5 Å². The van der Waals surface area contributed by atoms with Gasteiger partial charge in [0.1, 0.15) is 11.5 Å². The molecule has 4 aromatic carbocycles. The fourth-order valence-electron chi connectivity index (χ4n) is 5.08. The predicted octanol–water partition coefficient (Wildman–Crippen LogP) is 5.61. The van der Waals surface area contributed by atoms with Crippen molar-refractivity contribution in [1.29, 1.82) is 0 Å². The lowest BCUT2D eigenvalue weighted by molar-refractivity contribution is -0.118. The topological polar surface area (TPSA) is 94.2 Å². The number of para-hydroxylation sites is 1. The SMILES string of the molecule is COC(=O)c1ccccc1NC(=O)C1c2ccccc2C(=O)N(c2ccc(OC)cc2)C1c1ccc(OC)cc1. The molecule has 5 rings (SSSR count). The number of benzene rings is 4. The van der Waals surface area contributed by atoms with Gasteiger partial charge < -0.3 is 19.5 Å². The van der Waals surface area contributed by atoms with E-state index in [1.165, 1.54) is 7.11 Å². The van der Waals surface area contributed by atoms with Crippen molar-refractivity contribution in [2.45, 2.75) is 12.0 Å². The summed E-state index contributed by atoms with van der Waals surface area (Å²) in [5.41, 5.74) is 2.90. The lowest BCUT2D eigenvalue weighted by atomic mass is 9.78. The van der Waals surface area contributed by atoms with Crippen molar-refractivity contribution in [3.63, 3.8) is 0 Å². The molecule has 4 aromatic rings. The zero-order chi connectivity index (χ0) is 28.2. The molecule has 1 heterocycles. The van der Waals surface area contributed by atoms with Crippen molar-refractivity contribution in [1.82, 2.24) is 0 Å². The van der Waals surface area contributed by atoms with Gasteiger partial charge in [-0.1, -0.05) is 42.5 Å². The zero-order valence-corrected chi connectivity index (χ0v) is 22.3. The first-order valence-corrected chi connectivity index (χ1v) is 12.7. The Balaban J connectivity index is 1.68. The number of carbonyl (C=O) groups excluding carboxylic acids is 3. The van der Waals surface area contributed by atoms with Crippen LogP contribution in [0.3, 0.4) is 0 Å². The highest BCUT2D eigenvalue weighted by Crippen LogP contribution is 2.46. The number of methoxy groups -OCH3 is 3. The molecule has 1 aliphatic rings. The highest BCUT2D eigenvalue weighted by molar-refractivity contribution is 6.13. The maximum Gasteiger partial charge on any atom is 0.339 e. The highest BCUT2D eigenvalue weighted by atomic mass is 16.5. The van der Waals surface area contributed by atoms with E-state index in [1.807, 2.05) is 18.2 Å². The van der Waals surface area contributed by atoms with Gasteiger partial charge in [-0.05, 0) is 65.7 Å². The summed E-state index contributed by atoms with van der Waals surface area (Å²) >= 11 is 0. The van der Waals surface area contributed by atoms with Crippen molar-refractivity contribution in [2.75, 3.05) is 31.5 Å². The third kappa shape index (κ3) is 4.87. The van der Waals surface area contributed by atoms with Crippen LogP contribution in [0.1, 0.15) is 43.8 Å². The molecule has 0 bridgehead atoms. The maximum absolute atomic E-state index is 14.2. The Morgan fingerprint density at radius 3 is 2.00 bits per heavy atom. The molecule has 0 radical (unpaired) electrons. The number of ether oxygens (including phenoxy) is 3. The van der Waals surface area contributed by atoms with Gasteiger partial charge in [0.05, 0.1) is 44.5 Å². The third-order valence-electron chi connectivity index (χ3n) is 7.02. The summed E-state index contributed by atoms with van der Waals surface area (Å²) in [6, 6.07) is 27.5. The van der Waals surface area contributed by atoms with E-state index < -0.39 is 17.9 Å². The van der Waals surface area contributed by atoms with Crippen LogP contribution in [-0.4, -0.2) is 39.1 Å². The van der Waals surface area contributed by atoms with Gasteiger partial charge in [-0.15, -0.1) is 0 Å². The second-order valence-corrected chi connectivity index (χ2v) is 9.18. The molecule has 0 saturated carbocycles. The number of nitrogens with zero attached hydrogens (tertiary/aromatic N) is 1. The number of fused-ring (bicyclic) bond motifs is 1. The Kier molecular flexibility index (Phi) is 7.50. The summed E-state index contributed by atoms with van der Waals surface area (Å²) < 4.78 is 15.6. The zero-order valence-electron chi connectivity index (χ0n) is 22.3. The summed E-state index contributed by atoms with van der Waals surface area (Å²) in [5, 5.41) is 2.94. The number of carbonyl (C=O) groups is 3. The molecule has 0 aromatic heterocycles. The van der Waals surface area contributed by atoms with E-state index in [-0.39, 0.29) is 17.4 Å². The summed E-state index contributed by atoms with van der Waals surface area (Å²) in [4.78, 5) is 42.4. The third-order valence-corrected chi connectivity index (χ3v) is 7.02. The Morgan fingerprint density at radius 1 is 0.750 bits per heavy atom. The van der Waals surface area contributed by atoms with E-state index in [4.69, 9.17) is 14.2 Å². The first-order valence-electron chi connectivity index (χ1n) is 12.7. The van der Waals surface area contributed by atoms with E-state index in [2.05, 4.69) is 5.32 Å². The molecule has 0 saturated heterocycles. The average molecular weight is 537 g/mol. The minimum atomic E-state index is -0.824. The van der Waals surface area contributed by atoms with Gasteiger partial charge in [0.2, 0.25) is 5.91 Å². The molecule has 2 unspecified atom stereocenters. The molecule has 2 atom stereocenters. The van der Waals surface area contributed by atoms with Crippen LogP contribution in [0.15, 0.2) is 97.1 Å². The molecule has 1 N–H and O–H groups in total. The maximum atomic E-state index is 14.2. The van der Waals surface area contributed by atoms with Gasteiger partial charge in [0.25, 0.3) is 5.91 Å². The molecular weight excluding hydrogens is 508 g/mol. The van der Waals surface area contributed by atoms with Gasteiger partial charge in [0.15, 0.2) is 0 Å². The van der Waals surface area contributed by atoms with Gasteiger partial charge in [0, 0.05) is 11.3 Å². The second-order valence-electron chi connectivity index (χ2n) is 9.18. The molecule has 0 aliphatic carbocycles. The van der Waals surface area contributed by atoms with Crippen molar-refractivity contribution < 1.29 is 28.6 Å². The summed E-state index contributed by atoms with van der Waals surface area (Å²) in [6.45, 7) is 0. The highest BCUT2D eigenvalue weighted by Gasteiger charge is 2.45. The van der Waals surface area contributed by atoms with E-state index in [0.717, 1.165) is 5.56 Å². The van der Waals surface area contributed by atoms with E-state index >= 15 is 0 Å². The number of nitrogens with one attached hydrogen (secondary N) is 1. The van der Waals surface area contributed by atoms with Crippen LogP contribution in [0.5, 0.6) is 11.5 Å². The van der Waals surface area contributed by atoms with E-state index in [0.29, 0.717) is 34.0 Å². The molecule has 0 spiro atoms. The van der Waals surface area contributed by atoms with Crippen LogP contribution < -0.4 is 19.7 Å². The van der Waals surface area contributed by atoms with Gasteiger partial charge in [-0.25, -0.2) is 4.79 Å². The first-order chi connectivity index (χ1) is 19.5. The predicted molar refractivity (Wildman–Crippen MR) is 151 cm³/mol. The minimum absolute atomic E-state index is 0.228. The summed E-state index contributed by atoms with van der Waals surface area (Å²) in [6.07, 6.45) is 0. The van der Waals surface area contributed by atoms with Crippen LogP contribution in [0, 0.1) is 0 Å². The lowest BCUT2D eigenvalue weighted by Crippen LogP contribution is -2.46. The Bertz CT molecular complexity index is 1550. The molecule has 1 aliphatic heterocycles. The minimum Gasteiger partial charge on any atom is -0.497 e. The van der Waals surface area contributed by atoms with Crippen LogP contribution in [-0.2, 0) is 9.53 Å². The largest absolute Gasteiger partial charge is 0.497 e. The van der Waals surface area contributed by atoms with Crippen molar-refractivity contribution >= 4 is 29.2 Å². The number of amides is 2. The molecule has 0 fully saturated rings. The first kappa shape index (κ1) is 26.5. The number of rotatable bonds is 7. The molecule has 40 heavy (non-hydrogen) atoms. The standard InChI is InChI=1S/C32H28N2O6/c1-38-22-16-12-20(13-17-22)29-28(30(35)33-27-11-7-6-10-26(27)32(37)40-3)24-8-4-5-9-25(24)31(36)34(29)21-14-18-23(39-2)19-15-21/h4-19,28-29H,1-3H3,(H,33,35).